The molecule has 3 heteroatoms. The zero-order chi connectivity index (χ0) is 8.97. The van der Waals surface area contributed by atoms with Crippen molar-refractivity contribution in [3.8, 4) is 0 Å². The molecule has 0 spiro atoms. The first-order valence-electron chi connectivity index (χ1n) is 3.56. The summed E-state index contributed by atoms with van der Waals surface area (Å²) < 4.78 is 12.8. The van der Waals surface area contributed by atoms with Gasteiger partial charge in [-0.25, -0.2) is 4.39 Å². The summed E-state index contributed by atoms with van der Waals surface area (Å²) in [4.78, 5) is 11.3. The van der Waals surface area contributed by atoms with E-state index in [-0.39, 0.29) is 0 Å². The molecular weight excluding hydrogens is 175 g/mol. The number of Topliss-reactive ketones (excluding diaryl/α,β-unsaturated/α-hetero) is 1. The number of halogens is 1. The Hall–Kier alpha value is -0.830. The Bertz CT molecular complexity index is 260. The van der Waals surface area contributed by atoms with Gasteiger partial charge in [-0.15, -0.1) is 0 Å². The van der Waals surface area contributed by atoms with Gasteiger partial charge in [-0.2, -0.15) is 0 Å². The minimum absolute atomic E-state index is 0.441. The van der Waals surface area contributed by atoms with Crippen LogP contribution in [0.2, 0.25) is 0 Å². The predicted molar refractivity (Wildman–Crippen MR) is 47.9 cm³/mol. The first-order chi connectivity index (χ1) is 5.70. The van der Waals surface area contributed by atoms with Gasteiger partial charge in [0.25, 0.3) is 0 Å². The van der Waals surface area contributed by atoms with Gasteiger partial charge < -0.3 is 0 Å². The average Bonchev–Trinajstić information content (AvgIpc) is 2.06. The molecule has 0 heterocycles. The van der Waals surface area contributed by atoms with Crippen molar-refractivity contribution < 1.29 is 9.18 Å². The second-order valence-corrected chi connectivity index (χ2v) is 3.48. The lowest BCUT2D eigenvalue weighted by molar-refractivity contribution is -0.118. The molecule has 1 aromatic rings. The SMILES string of the molecule is CC(=O)C(F)Sc1ccccc1. The molecule has 12 heavy (non-hydrogen) atoms. The molecule has 0 saturated carbocycles. The number of carbonyl (C=O) groups is 1. The number of benzene rings is 1. The largest absolute Gasteiger partial charge is 0.296 e. The Labute approximate surface area is 75.0 Å². The zero-order valence-corrected chi connectivity index (χ0v) is 7.48. The summed E-state index contributed by atoms with van der Waals surface area (Å²) in [6, 6.07) is 9.04. The Morgan fingerprint density at radius 3 is 2.50 bits per heavy atom. The minimum Gasteiger partial charge on any atom is -0.296 e. The highest BCUT2D eigenvalue weighted by Crippen LogP contribution is 2.23. The fourth-order valence-electron chi connectivity index (χ4n) is 0.702. The van der Waals surface area contributed by atoms with Crippen LogP contribution in [0.25, 0.3) is 0 Å². The second kappa shape index (κ2) is 4.26. The van der Waals surface area contributed by atoms with Crippen molar-refractivity contribution >= 4 is 17.5 Å². The van der Waals surface area contributed by atoms with Gasteiger partial charge in [-0.05, 0) is 19.1 Å². The molecule has 0 aromatic heterocycles. The van der Waals surface area contributed by atoms with Gasteiger partial charge in [-0.3, -0.25) is 4.79 Å². The number of carbonyl (C=O) groups excluding carboxylic acids is 1. The van der Waals surface area contributed by atoms with Crippen molar-refractivity contribution in [2.24, 2.45) is 0 Å². The molecule has 64 valence electrons. The fraction of sp³-hybridized carbons (Fsp3) is 0.222. The molecular formula is C9H9FOS. The van der Waals surface area contributed by atoms with Crippen molar-refractivity contribution in [1.29, 1.82) is 0 Å². The van der Waals surface area contributed by atoms with Gasteiger partial charge in [0.05, 0.1) is 0 Å². The van der Waals surface area contributed by atoms with Crippen molar-refractivity contribution in [3.63, 3.8) is 0 Å². The molecule has 0 fully saturated rings. The van der Waals surface area contributed by atoms with Crippen LogP contribution in [0.3, 0.4) is 0 Å². The molecule has 0 aliphatic heterocycles. The van der Waals surface area contributed by atoms with E-state index in [1.807, 2.05) is 18.2 Å². The van der Waals surface area contributed by atoms with E-state index in [0.717, 1.165) is 16.7 Å². The Balaban J connectivity index is 2.58. The number of thioether (sulfide) groups is 1. The van der Waals surface area contributed by atoms with Crippen LogP contribution in [0.1, 0.15) is 6.92 Å². The molecule has 0 N–H and O–H groups in total. The van der Waals surface area contributed by atoms with Crippen molar-refractivity contribution in [1.82, 2.24) is 0 Å². The molecule has 0 saturated heterocycles. The molecule has 0 bridgehead atoms. The van der Waals surface area contributed by atoms with E-state index in [1.54, 1.807) is 12.1 Å². The van der Waals surface area contributed by atoms with Crippen LogP contribution in [0.4, 0.5) is 4.39 Å². The maximum atomic E-state index is 12.8. The van der Waals surface area contributed by atoms with Crippen molar-refractivity contribution in [3.05, 3.63) is 30.3 Å². The Kier molecular flexibility index (Phi) is 3.29. The second-order valence-electron chi connectivity index (χ2n) is 2.36. The summed E-state index contributed by atoms with van der Waals surface area (Å²) in [6.45, 7) is 1.25. The van der Waals surface area contributed by atoms with Gasteiger partial charge in [0.1, 0.15) is 0 Å². The highest BCUT2D eigenvalue weighted by molar-refractivity contribution is 8.00. The van der Waals surface area contributed by atoms with Crippen LogP contribution in [0.15, 0.2) is 35.2 Å². The molecule has 0 aliphatic rings. The third-order valence-electron chi connectivity index (χ3n) is 1.30. The molecule has 1 rings (SSSR count). The van der Waals surface area contributed by atoms with E-state index in [1.165, 1.54) is 6.92 Å². The van der Waals surface area contributed by atoms with Gasteiger partial charge in [0.2, 0.25) is 5.50 Å². The van der Waals surface area contributed by atoms with Gasteiger partial charge in [0, 0.05) is 4.90 Å². The predicted octanol–water partition coefficient (Wildman–Crippen LogP) is 2.66. The lowest BCUT2D eigenvalue weighted by Gasteiger charge is -2.02. The maximum absolute atomic E-state index is 12.8. The molecule has 1 unspecified atom stereocenters. The summed E-state index contributed by atoms with van der Waals surface area (Å²) in [7, 11) is 0. The van der Waals surface area contributed by atoms with Crippen LogP contribution in [0, 0.1) is 0 Å². The van der Waals surface area contributed by atoms with Crippen molar-refractivity contribution in [2.75, 3.05) is 0 Å². The summed E-state index contributed by atoms with van der Waals surface area (Å²) in [5, 5.41) is 0. The van der Waals surface area contributed by atoms with Crippen LogP contribution in [-0.4, -0.2) is 11.3 Å². The monoisotopic (exact) mass is 184 g/mol. The number of ketones is 1. The quantitative estimate of drug-likeness (QED) is 0.672. The molecule has 0 amide bonds. The fourth-order valence-corrected chi connectivity index (χ4v) is 1.42. The number of alkyl halides is 1. The minimum atomic E-state index is -1.44. The summed E-state index contributed by atoms with van der Waals surface area (Å²) >= 11 is 0.935. The molecule has 0 radical (unpaired) electrons. The molecule has 1 atom stereocenters. The number of hydrogen-bond acceptors (Lipinski definition) is 2. The Morgan fingerprint density at radius 2 is 2.00 bits per heavy atom. The number of rotatable bonds is 3. The van der Waals surface area contributed by atoms with E-state index in [0.29, 0.717) is 0 Å². The van der Waals surface area contributed by atoms with Crippen LogP contribution in [-0.2, 0) is 4.79 Å². The third kappa shape index (κ3) is 2.66. The van der Waals surface area contributed by atoms with Crippen LogP contribution < -0.4 is 0 Å². The first kappa shape index (κ1) is 9.26. The summed E-state index contributed by atoms with van der Waals surface area (Å²) in [5.41, 5.74) is -1.44. The van der Waals surface area contributed by atoms with Gasteiger partial charge in [-0.1, -0.05) is 30.0 Å². The van der Waals surface area contributed by atoms with Crippen LogP contribution in [0.5, 0.6) is 0 Å². The van der Waals surface area contributed by atoms with Gasteiger partial charge >= 0.3 is 0 Å². The Morgan fingerprint density at radius 1 is 1.42 bits per heavy atom. The first-order valence-corrected chi connectivity index (χ1v) is 4.44. The zero-order valence-electron chi connectivity index (χ0n) is 6.66. The standard InChI is InChI=1S/C9H9FOS/c1-7(11)9(10)12-8-5-3-2-4-6-8/h2-6,9H,1H3. The van der Waals surface area contributed by atoms with E-state index >= 15 is 0 Å². The lowest BCUT2D eigenvalue weighted by atomic mass is 10.4. The highest BCUT2D eigenvalue weighted by Gasteiger charge is 2.12. The van der Waals surface area contributed by atoms with E-state index in [2.05, 4.69) is 0 Å². The normalized spacial score (nSPS) is 12.5. The average molecular weight is 184 g/mol. The highest BCUT2D eigenvalue weighted by atomic mass is 32.2. The van der Waals surface area contributed by atoms with Crippen molar-refractivity contribution in [2.45, 2.75) is 17.3 Å². The summed E-state index contributed by atoms with van der Waals surface area (Å²) in [5.74, 6) is -0.441. The topological polar surface area (TPSA) is 17.1 Å². The summed E-state index contributed by atoms with van der Waals surface area (Å²) in [6.07, 6.45) is 0. The number of hydrogen-bond donors (Lipinski definition) is 0. The smallest absolute Gasteiger partial charge is 0.208 e. The van der Waals surface area contributed by atoms with Crippen LogP contribution >= 0.6 is 11.8 Å². The van der Waals surface area contributed by atoms with E-state index in [4.69, 9.17) is 0 Å². The van der Waals surface area contributed by atoms with E-state index < -0.39 is 11.3 Å². The molecule has 0 aliphatic carbocycles. The molecule has 1 aromatic carbocycles. The maximum Gasteiger partial charge on any atom is 0.208 e. The van der Waals surface area contributed by atoms with E-state index in [9.17, 15) is 9.18 Å². The third-order valence-corrected chi connectivity index (χ3v) is 2.39. The van der Waals surface area contributed by atoms with Gasteiger partial charge in [0.15, 0.2) is 5.78 Å². The molecule has 1 nitrogen and oxygen atoms in total. The lowest BCUT2D eigenvalue weighted by Crippen LogP contribution is -2.05.